The van der Waals surface area contributed by atoms with Gasteiger partial charge in [0.05, 0.1) is 0 Å². The van der Waals surface area contributed by atoms with Crippen molar-refractivity contribution in [1.29, 1.82) is 0 Å². The topological polar surface area (TPSA) is 36.9 Å². The second-order valence-corrected chi connectivity index (χ2v) is 9.21. The maximum atomic E-state index is 5.56. The molecule has 4 nitrogen and oxygen atoms in total. The SMILES string of the molecule is Cc1cc(/C=C/[Si]2O[Si]O[Si]O[Si]O2)c(C)c(C)c1C. The lowest BCUT2D eigenvalue weighted by Crippen LogP contribution is -2.31. The highest BCUT2D eigenvalue weighted by atomic mass is 28.4. The predicted octanol–water partition coefficient (Wildman–Crippen LogP) is 1.64. The van der Waals surface area contributed by atoms with Crippen LogP contribution in [0, 0.1) is 27.7 Å². The monoisotopic (exact) mass is 335 g/mol. The van der Waals surface area contributed by atoms with Crippen LogP contribution in [0.3, 0.4) is 0 Å². The average Bonchev–Trinajstić information content (AvgIpc) is 2.40. The Kier molecular flexibility index (Phi) is 6.11. The van der Waals surface area contributed by atoms with Crippen LogP contribution in [0.25, 0.3) is 6.08 Å². The summed E-state index contributed by atoms with van der Waals surface area (Å²) in [5, 5.41) is 0. The summed E-state index contributed by atoms with van der Waals surface area (Å²) in [7, 11) is -1.46. The molecule has 0 aliphatic carbocycles. The van der Waals surface area contributed by atoms with E-state index in [2.05, 4.69) is 39.8 Å². The van der Waals surface area contributed by atoms with Gasteiger partial charge in [-0.3, -0.25) is 0 Å². The standard InChI is InChI=1S/C12H15O4Si4/c1-8-7-12(11(4)10(3)9(8)2)5-6-20-15-18-13-17-14-19-16-20/h5-7H,1-4H3/b6-5+. The van der Waals surface area contributed by atoms with Crippen molar-refractivity contribution >= 4 is 45.4 Å². The van der Waals surface area contributed by atoms with Crippen molar-refractivity contribution in [1.82, 2.24) is 0 Å². The number of aryl methyl sites for hydroxylation is 1. The molecule has 0 N–H and O–H groups in total. The largest absolute Gasteiger partial charge is 0.413 e. The van der Waals surface area contributed by atoms with E-state index in [1.807, 2.05) is 5.70 Å². The second-order valence-electron chi connectivity index (χ2n) is 4.47. The number of rotatable bonds is 2. The van der Waals surface area contributed by atoms with Crippen LogP contribution in [0.1, 0.15) is 27.8 Å². The fourth-order valence-electron chi connectivity index (χ4n) is 1.84. The van der Waals surface area contributed by atoms with Crippen molar-refractivity contribution in [2.24, 2.45) is 0 Å². The Hall–Kier alpha value is -0.332. The number of hydrogen-bond donors (Lipinski definition) is 0. The van der Waals surface area contributed by atoms with Gasteiger partial charge in [0, 0.05) is 0 Å². The highest BCUT2D eigenvalue weighted by Gasteiger charge is 2.18. The van der Waals surface area contributed by atoms with E-state index in [4.69, 9.17) is 16.5 Å². The molecule has 103 valence electrons. The lowest BCUT2D eigenvalue weighted by atomic mass is 9.95. The smallest absolute Gasteiger partial charge is 0.412 e. The van der Waals surface area contributed by atoms with Gasteiger partial charge in [0.1, 0.15) is 0 Å². The molecule has 2 rings (SSSR count). The van der Waals surface area contributed by atoms with Crippen LogP contribution in [-0.4, -0.2) is 39.3 Å². The molecule has 1 fully saturated rings. The van der Waals surface area contributed by atoms with E-state index in [1.165, 1.54) is 27.8 Å². The van der Waals surface area contributed by atoms with Gasteiger partial charge in [0.15, 0.2) is 0 Å². The van der Waals surface area contributed by atoms with E-state index in [1.54, 1.807) is 0 Å². The Morgan fingerprint density at radius 1 is 0.900 bits per heavy atom. The first kappa shape index (κ1) is 16.0. The van der Waals surface area contributed by atoms with Crippen molar-refractivity contribution in [2.45, 2.75) is 27.7 Å². The highest BCUT2D eigenvalue weighted by molar-refractivity contribution is 6.64. The van der Waals surface area contributed by atoms with Crippen LogP contribution in [0.5, 0.6) is 0 Å². The highest BCUT2D eigenvalue weighted by Crippen LogP contribution is 2.22. The van der Waals surface area contributed by atoms with Crippen molar-refractivity contribution in [3.63, 3.8) is 0 Å². The summed E-state index contributed by atoms with van der Waals surface area (Å²) in [6.07, 6.45) is 2.09. The van der Waals surface area contributed by atoms with Crippen molar-refractivity contribution in [3.8, 4) is 0 Å². The fraction of sp³-hybridized carbons (Fsp3) is 0.333. The maximum absolute atomic E-state index is 5.56. The van der Waals surface area contributed by atoms with Gasteiger partial charge in [-0.2, -0.15) is 0 Å². The molecule has 0 atom stereocenters. The lowest BCUT2D eigenvalue weighted by molar-refractivity contribution is 0.336. The molecule has 0 bridgehead atoms. The first-order valence-electron chi connectivity index (χ1n) is 6.12. The molecular formula is C12H15O4Si4. The number of hydrogen-bond acceptors (Lipinski definition) is 4. The Morgan fingerprint density at radius 2 is 1.55 bits per heavy atom. The number of benzene rings is 1. The van der Waals surface area contributed by atoms with E-state index in [0.29, 0.717) is 0 Å². The van der Waals surface area contributed by atoms with Crippen LogP contribution >= 0.6 is 0 Å². The molecule has 20 heavy (non-hydrogen) atoms. The van der Waals surface area contributed by atoms with Crippen LogP contribution in [0.4, 0.5) is 0 Å². The van der Waals surface area contributed by atoms with Crippen LogP contribution in [0.2, 0.25) is 0 Å². The molecule has 1 aliphatic rings. The van der Waals surface area contributed by atoms with Crippen molar-refractivity contribution < 1.29 is 16.5 Å². The summed E-state index contributed by atoms with van der Waals surface area (Å²) in [5.41, 5.74) is 8.53. The van der Waals surface area contributed by atoms with Gasteiger partial charge in [0.2, 0.25) is 0 Å². The first-order chi connectivity index (χ1) is 9.59. The van der Waals surface area contributed by atoms with E-state index < -0.39 is 9.28 Å². The summed E-state index contributed by atoms with van der Waals surface area (Å²) in [6.45, 7) is 8.62. The minimum atomic E-state index is -1.46. The zero-order valence-corrected chi connectivity index (χ0v) is 15.9. The van der Waals surface area contributed by atoms with Crippen molar-refractivity contribution in [3.05, 3.63) is 39.6 Å². The predicted molar refractivity (Wildman–Crippen MR) is 81.8 cm³/mol. The minimum absolute atomic E-state index is 0.0105. The Morgan fingerprint density at radius 3 is 2.20 bits per heavy atom. The van der Waals surface area contributed by atoms with Crippen LogP contribution in [0.15, 0.2) is 11.8 Å². The summed E-state index contributed by atoms with van der Waals surface area (Å²) >= 11 is 0. The molecule has 8 heteroatoms. The van der Waals surface area contributed by atoms with Gasteiger partial charge in [-0.05, 0) is 61.2 Å². The zero-order valence-electron chi connectivity index (χ0n) is 11.9. The summed E-state index contributed by atoms with van der Waals surface area (Å²) in [4.78, 5) is 0. The van der Waals surface area contributed by atoms with Gasteiger partial charge in [-0.15, -0.1) is 0 Å². The molecule has 1 aromatic rings. The zero-order chi connectivity index (χ0) is 14.5. The molecule has 0 spiro atoms. The van der Waals surface area contributed by atoms with Gasteiger partial charge in [-0.25, -0.2) is 0 Å². The minimum Gasteiger partial charge on any atom is -0.412 e. The van der Waals surface area contributed by atoms with E-state index in [9.17, 15) is 0 Å². The molecular weight excluding hydrogens is 320 g/mol. The average molecular weight is 336 g/mol. The molecule has 0 aromatic heterocycles. The third kappa shape index (κ3) is 4.08. The molecule has 0 amide bonds. The summed E-state index contributed by atoms with van der Waals surface area (Å²) in [6, 6.07) is 2.21. The Bertz CT molecular complexity index is 499. The normalized spacial score (nSPS) is 18.2. The Balaban J connectivity index is 2.14. The maximum Gasteiger partial charge on any atom is 0.413 e. The van der Waals surface area contributed by atoms with Crippen molar-refractivity contribution in [2.75, 3.05) is 0 Å². The molecule has 7 radical (unpaired) electrons. The van der Waals surface area contributed by atoms with E-state index in [0.717, 1.165) is 0 Å². The van der Waals surface area contributed by atoms with E-state index >= 15 is 0 Å². The molecule has 0 saturated carbocycles. The van der Waals surface area contributed by atoms with Gasteiger partial charge in [-0.1, -0.05) is 12.1 Å². The third-order valence-corrected chi connectivity index (χ3v) is 7.42. The second kappa shape index (κ2) is 7.61. The van der Waals surface area contributed by atoms with E-state index in [-0.39, 0.29) is 30.0 Å². The van der Waals surface area contributed by atoms with Gasteiger partial charge < -0.3 is 16.5 Å². The molecule has 0 unspecified atom stereocenters. The molecule has 1 aliphatic heterocycles. The van der Waals surface area contributed by atoms with Crippen LogP contribution < -0.4 is 0 Å². The molecule has 1 aromatic carbocycles. The molecule has 1 heterocycles. The van der Waals surface area contributed by atoms with Gasteiger partial charge >= 0.3 is 39.3 Å². The first-order valence-corrected chi connectivity index (χ1v) is 9.96. The Labute approximate surface area is 129 Å². The molecule has 1 saturated heterocycles. The fourth-order valence-corrected chi connectivity index (χ4v) is 5.80. The van der Waals surface area contributed by atoms with Crippen LogP contribution in [-0.2, 0) is 16.5 Å². The summed E-state index contributed by atoms with van der Waals surface area (Å²) < 4.78 is 21.5. The lowest BCUT2D eigenvalue weighted by Gasteiger charge is -2.14. The third-order valence-electron chi connectivity index (χ3n) is 3.37. The van der Waals surface area contributed by atoms with Gasteiger partial charge in [0.25, 0.3) is 0 Å². The quantitative estimate of drug-likeness (QED) is 0.770. The summed E-state index contributed by atoms with van der Waals surface area (Å²) in [5.74, 6) is 0.